The molecule has 1 N–H and O–H groups in total. The average Bonchev–Trinajstić information content (AvgIpc) is 3.19. The van der Waals surface area contributed by atoms with Gasteiger partial charge in [-0.05, 0) is 19.3 Å². The maximum atomic E-state index is 4.31. The summed E-state index contributed by atoms with van der Waals surface area (Å²) in [6.45, 7) is 3.73. The molecule has 100 valence electrons. The van der Waals surface area contributed by atoms with E-state index >= 15 is 0 Å². The summed E-state index contributed by atoms with van der Waals surface area (Å²) in [6.07, 6.45) is 6.98. The predicted octanol–water partition coefficient (Wildman–Crippen LogP) is 1.97. The molecule has 0 amide bonds. The van der Waals surface area contributed by atoms with Crippen LogP contribution < -0.4 is 5.32 Å². The highest BCUT2D eigenvalue weighted by Gasteiger charge is 2.25. The van der Waals surface area contributed by atoms with E-state index in [0.717, 1.165) is 30.3 Å². The average molecular weight is 258 g/mol. The molecule has 1 aliphatic rings. The van der Waals surface area contributed by atoms with Crippen LogP contribution in [-0.2, 0) is 13.1 Å². The summed E-state index contributed by atoms with van der Waals surface area (Å²) in [4.78, 5) is 8.55. The molecule has 0 bridgehead atoms. The molecule has 0 unspecified atom stereocenters. The molecule has 6 nitrogen and oxygen atoms in total. The maximum absolute atomic E-state index is 4.31. The van der Waals surface area contributed by atoms with Crippen LogP contribution >= 0.6 is 0 Å². The summed E-state index contributed by atoms with van der Waals surface area (Å²) in [5.41, 5.74) is 1.15. The van der Waals surface area contributed by atoms with E-state index in [-0.39, 0.29) is 0 Å². The minimum atomic E-state index is 0.640. The van der Waals surface area contributed by atoms with Crippen molar-refractivity contribution in [1.29, 1.82) is 0 Å². The minimum Gasteiger partial charge on any atom is -0.363 e. The first-order valence-corrected chi connectivity index (χ1v) is 6.79. The predicted molar refractivity (Wildman–Crippen MR) is 71.6 cm³/mol. The van der Waals surface area contributed by atoms with Crippen molar-refractivity contribution in [3.63, 3.8) is 0 Å². The Morgan fingerprint density at radius 2 is 2.26 bits per heavy atom. The number of nitrogens with one attached hydrogen (secondary N) is 1. The largest absolute Gasteiger partial charge is 0.363 e. The second-order valence-electron chi connectivity index (χ2n) is 4.90. The molecule has 2 aromatic rings. The molecule has 2 heterocycles. The quantitative estimate of drug-likeness (QED) is 0.858. The van der Waals surface area contributed by atoms with Crippen molar-refractivity contribution in [3.05, 3.63) is 30.2 Å². The van der Waals surface area contributed by atoms with Gasteiger partial charge in [-0.2, -0.15) is 0 Å². The van der Waals surface area contributed by atoms with Gasteiger partial charge in [0.15, 0.2) is 5.82 Å². The normalized spacial score (nSPS) is 14.6. The van der Waals surface area contributed by atoms with E-state index in [1.54, 1.807) is 12.7 Å². The zero-order chi connectivity index (χ0) is 13.1. The Bertz CT molecular complexity index is 546. The van der Waals surface area contributed by atoms with E-state index in [9.17, 15) is 0 Å². The fraction of sp³-hybridized carbons (Fsp3) is 0.538. The monoisotopic (exact) mass is 258 g/mol. The lowest BCUT2D eigenvalue weighted by molar-refractivity contribution is 0.643. The first-order chi connectivity index (χ1) is 9.36. The van der Waals surface area contributed by atoms with Gasteiger partial charge in [0.25, 0.3) is 0 Å². The van der Waals surface area contributed by atoms with Crippen LogP contribution in [0.1, 0.15) is 43.6 Å². The van der Waals surface area contributed by atoms with Gasteiger partial charge in [-0.3, -0.25) is 0 Å². The highest BCUT2D eigenvalue weighted by atomic mass is 15.3. The minimum absolute atomic E-state index is 0.640. The first-order valence-electron chi connectivity index (χ1n) is 6.79. The van der Waals surface area contributed by atoms with Crippen LogP contribution in [0.4, 0.5) is 5.82 Å². The van der Waals surface area contributed by atoms with E-state index in [4.69, 9.17) is 0 Å². The molecule has 0 aliphatic heterocycles. The number of rotatable bonds is 6. The molecule has 0 aromatic carbocycles. The Labute approximate surface area is 112 Å². The molecular weight excluding hydrogens is 240 g/mol. The fourth-order valence-corrected chi connectivity index (χ4v) is 2.08. The number of hydrogen-bond acceptors (Lipinski definition) is 5. The summed E-state index contributed by atoms with van der Waals surface area (Å²) >= 11 is 0. The van der Waals surface area contributed by atoms with Crippen molar-refractivity contribution >= 4 is 5.82 Å². The van der Waals surface area contributed by atoms with Crippen molar-refractivity contribution in [2.75, 3.05) is 5.32 Å². The van der Waals surface area contributed by atoms with Crippen molar-refractivity contribution in [2.24, 2.45) is 0 Å². The van der Waals surface area contributed by atoms with Gasteiger partial charge in [-0.1, -0.05) is 6.92 Å². The van der Waals surface area contributed by atoms with Gasteiger partial charge in [0.05, 0.1) is 6.54 Å². The fourth-order valence-electron chi connectivity index (χ4n) is 2.08. The van der Waals surface area contributed by atoms with Gasteiger partial charge in [0.2, 0.25) is 0 Å². The molecule has 0 atom stereocenters. The molecule has 0 spiro atoms. The van der Waals surface area contributed by atoms with E-state index in [1.165, 1.54) is 12.8 Å². The van der Waals surface area contributed by atoms with Crippen LogP contribution in [0.3, 0.4) is 0 Å². The van der Waals surface area contributed by atoms with Gasteiger partial charge in [0.1, 0.15) is 18.5 Å². The van der Waals surface area contributed by atoms with E-state index in [2.05, 4.69) is 37.0 Å². The number of anilines is 1. The molecule has 1 saturated carbocycles. The Hall–Kier alpha value is -1.98. The number of nitrogens with zero attached hydrogens (tertiary/aromatic N) is 5. The van der Waals surface area contributed by atoms with Crippen LogP contribution in [0.5, 0.6) is 0 Å². The zero-order valence-corrected chi connectivity index (χ0v) is 11.1. The van der Waals surface area contributed by atoms with Crippen LogP contribution in [-0.4, -0.2) is 24.7 Å². The van der Waals surface area contributed by atoms with Crippen molar-refractivity contribution in [3.8, 4) is 0 Å². The maximum Gasteiger partial charge on any atom is 0.152 e. The van der Waals surface area contributed by atoms with Crippen LogP contribution in [0.25, 0.3) is 0 Å². The smallest absolute Gasteiger partial charge is 0.152 e. The van der Waals surface area contributed by atoms with Gasteiger partial charge >= 0.3 is 0 Å². The lowest BCUT2D eigenvalue weighted by Crippen LogP contribution is -2.09. The topological polar surface area (TPSA) is 68.5 Å². The Kier molecular flexibility index (Phi) is 3.39. The van der Waals surface area contributed by atoms with E-state index in [1.807, 2.05) is 6.07 Å². The third-order valence-electron chi connectivity index (χ3n) is 3.27. The molecule has 3 rings (SSSR count). The van der Waals surface area contributed by atoms with Crippen molar-refractivity contribution < 1.29 is 0 Å². The molecule has 19 heavy (non-hydrogen) atoms. The Morgan fingerprint density at radius 1 is 1.37 bits per heavy atom. The number of aryl methyl sites for hydroxylation is 1. The van der Waals surface area contributed by atoms with Crippen LogP contribution in [0, 0.1) is 0 Å². The molecule has 6 heteroatoms. The summed E-state index contributed by atoms with van der Waals surface area (Å²) in [6, 6.07) is 2.04. The van der Waals surface area contributed by atoms with Gasteiger partial charge in [0, 0.05) is 24.2 Å². The second-order valence-corrected chi connectivity index (χ2v) is 4.90. The van der Waals surface area contributed by atoms with Gasteiger partial charge < -0.3 is 9.88 Å². The zero-order valence-electron chi connectivity index (χ0n) is 11.1. The second kappa shape index (κ2) is 5.34. The standard InChI is InChI=1S/C13H18N6/c1-2-5-19-9-17-18-13(19)7-14-12-6-11(10-3-4-10)15-8-16-12/h6,8-10H,2-5,7H2,1H3,(H,14,15,16). The molecular formula is C13H18N6. The van der Waals surface area contributed by atoms with Gasteiger partial charge in [-0.25, -0.2) is 9.97 Å². The molecule has 0 radical (unpaired) electrons. The van der Waals surface area contributed by atoms with E-state index in [0.29, 0.717) is 12.5 Å². The third kappa shape index (κ3) is 2.89. The molecule has 1 aliphatic carbocycles. The highest BCUT2D eigenvalue weighted by molar-refractivity contribution is 5.36. The highest BCUT2D eigenvalue weighted by Crippen LogP contribution is 2.39. The third-order valence-corrected chi connectivity index (χ3v) is 3.27. The van der Waals surface area contributed by atoms with Crippen molar-refractivity contribution in [1.82, 2.24) is 24.7 Å². The Morgan fingerprint density at radius 3 is 3.05 bits per heavy atom. The summed E-state index contributed by atoms with van der Waals surface area (Å²) in [5, 5.41) is 11.4. The molecule has 0 saturated heterocycles. The van der Waals surface area contributed by atoms with Crippen molar-refractivity contribution in [2.45, 2.75) is 45.2 Å². The summed E-state index contributed by atoms with van der Waals surface area (Å²) in [5.74, 6) is 2.45. The lowest BCUT2D eigenvalue weighted by Gasteiger charge is -2.07. The number of hydrogen-bond donors (Lipinski definition) is 1. The molecule has 2 aromatic heterocycles. The number of aromatic nitrogens is 5. The SMILES string of the molecule is CCCn1cnnc1CNc1cc(C2CC2)ncn1. The molecule has 1 fully saturated rings. The summed E-state index contributed by atoms with van der Waals surface area (Å²) in [7, 11) is 0. The van der Waals surface area contributed by atoms with Crippen LogP contribution in [0.2, 0.25) is 0 Å². The first kappa shape index (κ1) is 12.1. The van der Waals surface area contributed by atoms with Gasteiger partial charge in [-0.15, -0.1) is 10.2 Å². The van der Waals surface area contributed by atoms with E-state index < -0.39 is 0 Å². The lowest BCUT2D eigenvalue weighted by atomic mass is 10.3. The summed E-state index contributed by atoms with van der Waals surface area (Å²) < 4.78 is 2.07. The Balaban J connectivity index is 1.64. The van der Waals surface area contributed by atoms with Crippen LogP contribution in [0.15, 0.2) is 18.7 Å².